The molecule has 0 fully saturated rings. The first kappa shape index (κ1) is 14.6. The highest BCUT2D eigenvalue weighted by Gasteiger charge is 2.33. The third kappa shape index (κ3) is 3.63. The summed E-state index contributed by atoms with van der Waals surface area (Å²) < 4.78 is 42.8. The maximum atomic E-state index is 12.5. The molecule has 108 valence electrons. The third-order valence-corrected chi connectivity index (χ3v) is 3.49. The van der Waals surface area contributed by atoms with Crippen molar-refractivity contribution in [2.45, 2.75) is 19.6 Å². The molecule has 0 radical (unpaired) electrons. The van der Waals surface area contributed by atoms with Crippen molar-refractivity contribution in [2.24, 2.45) is 0 Å². The van der Waals surface area contributed by atoms with E-state index in [1.54, 1.807) is 0 Å². The monoisotopic (exact) mass is 302 g/mol. The molecule has 1 heterocycles. The van der Waals surface area contributed by atoms with E-state index in [4.69, 9.17) is 4.74 Å². The van der Waals surface area contributed by atoms with Crippen molar-refractivity contribution in [3.05, 3.63) is 40.9 Å². The number of benzene rings is 1. The maximum absolute atomic E-state index is 12.5. The van der Waals surface area contributed by atoms with E-state index >= 15 is 0 Å². The molecule has 20 heavy (non-hydrogen) atoms. The fraction of sp³-hybridized carbons (Fsp3) is 0.308. The van der Waals surface area contributed by atoms with E-state index in [9.17, 15) is 13.2 Å². The van der Waals surface area contributed by atoms with Crippen molar-refractivity contribution < 1.29 is 17.9 Å². The smallest absolute Gasteiger partial charge is 0.427 e. The number of nitrogens with one attached hydrogen (secondary N) is 1. The molecule has 1 N–H and O–H groups in total. The zero-order valence-corrected chi connectivity index (χ0v) is 11.5. The van der Waals surface area contributed by atoms with Gasteiger partial charge in [-0.15, -0.1) is 0 Å². The summed E-state index contributed by atoms with van der Waals surface area (Å²) in [5, 5.41) is 3.12. The van der Waals surface area contributed by atoms with E-state index in [0.717, 1.165) is 17.5 Å². The molecule has 0 spiro atoms. The van der Waals surface area contributed by atoms with Crippen LogP contribution in [0.4, 0.5) is 18.3 Å². The minimum Gasteiger partial charge on any atom is -0.494 e. The van der Waals surface area contributed by atoms with Crippen LogP contribution < -0.4 is 10.1 Å². The van der Waals surface area contributed by atoms with Gasteiger partial charge in [-0.1, -0.05) is 29.5 Å². The van der Waals surface area contributed by atoms with Crippen LogP contribution in [0.1, 0.15) is 17.4 Å². The molecular weight excluding hydrogens is 289 g/mol. The van der Waals surface area contributed by atoms with E-state index in [1.165, 1.54) is 0 Å². The third-order valence-electron chi connectivity index (χ3n) is 2.49. The number of rotatable bonds is 5. The van der Waals surface area contributed by atoms with Crippen molar-refractivity contribution in [2.75, 3.05) is 11.9 Å². The van der Waals surface area contributed by atoms with E-state index in [0.29, 0.717) is 24.5 Å². The van der Waals surface area contributed by atoms with Crippen molar-refractivity contribution in [1.29, 1.82) is 0 Å². The number of para-hydroxylation sites is 1. The van der Waals surface area contributed by atoms with Gasteiger partial charge in [-0.25, -0.2) is 4.98 Å². The Balaban J connectivity index is 2.04. The number of aromatic nitrogens is 1. The fourth-order valence-electron chi connectivity index (χ4n) is 1.60. The summed E-state index contributed by atoms with van der Waals surface area (Å²) in [6.07, 6.45) is -3.51. The molecule has 0 aliphatic carbocycles. The predicted molar refractivity (Wildman–Crippen MR) is 72.1 cm³/mol. The average molecular weight is 302 g/mol. The molecule has 1 aromatic carbocycles. The van der Waals surface area contributed by atoms with Gasteiger partial charge in [0.15, 0.2) is 5.13 Å². The largest absolute Gasteiger partial charge is 0.494 e. The van der Waals surface area contributed by atoms with Crippen LogP contribution in [0, 0.1) is 0 Å². The molecule has 2 aromatic rings. The minimum absolute atomic E-state index is 0.239. The lowest BCUT2D eigenvalue weighted by atomic mass is 10.2. The van der Waals surface area contributed by atoms with Crippen molar-refractivity contribution in [3.8, 4) is 5.75 Å². The van der Waals surface area contributed by atoms with Gasteiger partial charge in [0.05, 0.1) is 12.8 Å². The van der Waals surface area contributed by atoms with Crippen LogP contribution in [-0.4, -0.2) is 11.6 Å². The summed E-state index contributed by atoms with van der Waals surface area (Å²) in [7, 11) is 0. The van der Waals surface area contributed by atoms with Gasteiger partial charge in [0, 0.05) is 12.1 Å². The predicted octanol–water partition coefficient (Wildman–Crippen LogP) is 4.17. The number of hydrogen-bond acceptors (Lipinski definition) is 4. The molecule has 0 amide bonds. The zero-order valence-electron chi connectivity index (χ0n) is 10.7. The molecule has 0 saturated heterocycles. The minimum atomic E-state index is -4.35. The van der Waals surface area contributed by atoms with Crippen LogP contribution in [0.15, 0.2) is 30.5 Å². The lowest BCUT2D eigenvalue weighted by molar-refractivity contribution is -0.134. The highest BCUT2D eigenvalue weighted by molar-refractivity contribution is 7.15. The Hall–Kier alpha value is -1.76. The van der Waals surface area contributed by atoms with Crippen LogP contribution in [0.2, 0.25) is 0 Å². The van der Waals surface area contributed by atoms with Gasteiger partial charge < -0.3 is 10.1 Å². The number of nitrogens with zero attached hydrogens (tertiary/aromatic N) is 1. The molecule has 7 heteroatoms. The second-order valence-electron chi connectivity index (χ2n) is 3.92. The summed E-state index contributed by atoms with van der Waals surface area (Å²) in [4.78, 5) is 3.01. The number of ether oxygens (including phenoxy) is 1. The van der Waals surface area contributed by atoms with Crippen molar-refractivity contribution >= 4 is 16.5 Å². The molecule has 0 bridgehead atoms. The quantitative estimate of drug-likeness (QED) is 0.900. The Kier molecular flexibility index (Phi) is 4.49. The lowest BCUT2D eigenvalue weighted by Crippen LogP contribution is -2.02. The molecule has 0 unspecified atom stereocenters. The highest BCUT2D eigenvalue weighted by Crippen LogP contribution is 2.35. The number of anilines is 1. The van der Waals surface area contributed by atoms with Crippen molar-refractivity contribution in [1.82, 2.24) is 4.98 Å². The first-order valence-electron chi connectivity index (χ1n) is 5.98. The molecular formula is C13H13F3N2OS. The highest BCUT2D eigenvalue weighted by atomic mass is 32.1. The van der Waals surface area contributed by atoms with Gasteiger partial charge in [-0.05, 0) is 13.0 Å². The molecule has 0 aliphatic rings. The molecule has 0 atom stereocenters. The van der Waals surface area contributed by atoms with Crippen LogP contribution in [-0.2, 0) is 12.7 Å². The van der Waals surface area contributed by atoms with Crippen LogP contribution in [0.25, 0.3) is 0 Å². The number of halogens is 3. The normalized spacial score (nSPS) is 11.4. The Morgan fingerprint density at radius 1 is 1.30 bits per heavy atom. The summed E-state index contributed by atoms with van der Waals surface area (Å²) in [6.45, 7) is 2.77. The van der Waals surface area contributed by atoms with Gasteiger partial charge in [0.1, 0.15) is 10.6 Å². The first-order valence-corrected chi connectivity index (χ1v) is 6.80. The topological polar surface area (TPSA) is 34.1 Å². The molecule has 0 saturated carbocycles. The lowest BCUT2D eigenvalue weighted by Gasteiger charge is -2.10. The number of hydrogen-bond donors (Lipinski definition) is 1. The first-order chi connectivity index (χ1) is 9.50. The van der Waals surface area contributed by atoms with Gasteiger partial charge in [-0.2, -0.15) is 13.2 Å². The zero-order chi connectivity index (χ0) is 14.6. The summed E-state index contributed by atoms with van der Waals surface area (Å²) in [5.74, 6) is 0.718. The second kappa shape index (κ2) is 6.13. The summed E-state index contributed by atoms with van der Waals surface area (Å²) in [5.41, 5.74) is 0.873. The molecule has 3 nitrogen and oxygen atoms in total. The Morgan fingerprint density at radius 3 is 2.70 bits per heavy atom. The SMILES string of the molecule is CCOc1ccccc1CNc1ncc(C(F)(F)F)s1. The summed E-state index contributed by atoms with van der Waals surface area (Å²) in [6, 6.07) is 7.38. The van der Waals surface area contributed by atoms with Crippen molar-refractivity contribution in [3.63, 3.8) is 0 Å². The Labute approximate surface area is 118 Å². The molecule has 1 aromatic heterocycles. The Bertz CT molecular complexity index is 569. The molecule has 0 aliphatic heterocycles. The average Bonchev–Trinajstić information content (AvgIpc) is 2.87. The standard InChI is InChI=1S/C13H13F3N2OS/c1-2-19-10-6-4-3-5-9(10)7-17-12-18-8-11(20-12)13(14,15)16/h3-6,8H,2,7H2,1H3,(H,17,18). The fourth-order valence-corrected chi connectivity index (χ4v) is 2.28. The van der Waals surface area contributed by atoms with Crippen LogP contribution >= 0.6 is 11.3 Å². The second-order valence-corrected chi connectivity index (χ2v) is 4.95. The van der Waals surface area contributed by atoms with Crippen LogP contribution in [0.5, 0.6) is 5.75 Å². The van der Waals surface area contributed by atoms with E-state index < -0.39 is 11.1 Å². The summed E-state index contributed by atoms with van der Waals surface area (Å²) >= 11 is 0.590. The molecule has 2 rings (SSSR count). The van der Waals surface area contributed by atoms with E-state index in [2.05, 4.69) is 10.3 Å². The van der Waals surface area contributed by atoms with Gasteiger partial charge in [0.25, 0.3) is 0 Å². The Morgan fingerprint density at radius 2 is 2.05 bits per heavy atom. The van der Waals surface area contributed by atoms with Gasteiger partial charge in [0.2, 0.25) is 0 Å². The van der Waals surface area contributed by atoms with Gasteiger partial charge in [-0.3, -0.25) is 0 Å². The number of thiazole rings is 1. The maximum Gasteiger partial charge on any atom is 0.427 e. The van der Waals surface area contributed by atoms with E-state index in [1.807, 2.05) is 31.2 Å². The van der Waals surface area contributed by atoms with Crippen LogP contribution in [0.3, 0.4) is 0 Å². The van der Waals surface area contributed by atoms with E-state index in [-0.39, 0.29) is 5.13 Å². The van der Waals surface area contributed by atoms with Gasteiger partial charge >= 0.3 is 6.18 Å². The number of alkyl halides is 3.